The van der Waals surface area contributed by atoms with Gasteiger partial charge in [-0.3, -0.25) is 5.41 Å². The average molecular weight is 209 g/mol. The lowest BCUT2D eigenvalue weighted by Crippen LogP contribution is -2.21. The monoisotopic (exact) mass is 209 g/mol. The highest BCUT2D eigenvalue weighted by atomic mass is 32.2. The van der Waals surface area contributed by atoms with Gasteiger partial charge in [0.05, 0.1) is 10.3 Å². The van der Waals surface area contributed by atoms with Gasteiger partial charge in [0, 0.05) is 5.69 Å². The Morgan fingerprint density at radius 1 is 1.50 bits per heavy atom. The third-order valence-electron chi connectivity index (χ3n) is 1.81. The molecule has 0 spiro atoms. The van der Waals surface area contributed by atoms with Crippen LogP contribution < -0.4 is 5.73 Å². The maximum absolute atomic E-state index is 7.29. The third-order valence-corrected chi connectivity index (χ3v) is 2.87. The maximum Gasteiger partial charge on any atom is 0.104 e. The number of aromatic nitrogens is 1. The summed E-state index contributed by atoms with van der Waals surface area (Å²) in [6.45, 7) is 5.92. The summed E-state index contributed by atoms with van der Waals surface area (Å²) in [6.07, 6.45) is 0. The van der Waals surface area contributed by atoms with Crippen molar-refractivity contribution in [1.29, 1.82) is 5.41 Å². The standard InChI is InChI=1S/C10H15N3S/c1-6-4-7(2)13-9(5-6)14-8(3)10(11)12/h4-5,8H,1-3H3,(H3,11,12). The van der Waals surface area contributed by atoms with Crippen LogP contribution in [-0.2, 0) is 0 Å². The lowest BCUT2D eigenvalue weighted by Gasteiger charge is -2.09. The number of thioether (sulfide) groups is 1. The van der Waals surface area contributed by atoms with E-state index in [0.717, 1.165) is 10.7 Å². The summed E-state index contributed by atoms with van der Waals surface area (Å²) in [5, 5.41) is 8.21. The van der Waals surface area contributed by atoms with Gasteiger partial charge in [0.25, 0.3) is 0 Å². The first-order valence-corrected chi connectivity index (χ1v) is 5.33. The van der Waals surface area contributed by atoms with E-state index in [1.807, 2.05) is 32.9 Å². The quantitative estimate of drug-likeness (QED) is 0.455. The highest BCUT2D eigenvalue weighted by Gasteiger charge is 2.08. The Balaban J connectivity index is 2.81. The molecule has 1 unspecified atom stereocenters. The Morgan fingerprint density at radius 3 is 2.64 bits per heavy atom. The molecule has 0 aliphatic rings. The number of nitrogens with zero attached hydrogens (tertiary/aromatic N) is 1. The molecule has 4 heteroatoms. The second-order valence-corrected chi connectivity index (χ2v) is 4.70. The maximum atomic E-state index is 7.29. The normalized spacial score (nSPS) is 12.5. The minimum atomic E-state index is -0.0105. The van der Waals surface area contributed by atoms with Crippen molar-refractivity contribution in [3.05, 3.63) is 23.4 Å². The predicted octanol–water partition coefficient (Wildman–Crippen LogP) is 2.12. The fourth-order valence-corrected chi connectivity index (χ4v) is 2.05. The van der Waals surface area contributed by atoms with Gasteiger partial charge in [-0.05, 0) is 38.5 Å². The molecule has 1 aromatic heterocycles. The number of pyridine rings is 1. The Labute approximate surface area is 88.6 Å². The Hall–Kier alpha value is -1.03. The molecule has 0 amide bonds. The van der Waals surface area contributed by atoms with E-state index < -0.39 is 0 Å². The average Bonchev–Trinajstić information content (AvgIpc) is 2.01. The first-order valence-electron chi connectivity index (χ1n) is 4.45. The van der Waals surface area contributed by atoms with Crippen molar-refractivity contribution in [2.24, 2.45) is 5.73 Å². The highest BCUT2D eigenvalue weighted by molar-refractivity contribution is 8.00. The Kier molecular flexibility index (Phi) is 3.52. The number of amidine groups is 1. The second kappa shape index (κ2) is 4.46. The molecule has 0 radical (unpaired) electrons. The zero-order valence-corrected chi connectivity index (χ0v) is 9.48. The zero-order chi connectivity index (χ0) is 10.7. The van der Waals surface area contributed by atoms with Crippen molar-refractivity contribution >= 4 is 17.6 Å². The molecule has 1 aromatic rings. The predicted molar refractivity (Wildman–Crippen MR) is 60.9 cm³/mol. The van der Waals surface area contributed by atoms with Gasteiger partial charge in [-0.25, -0.2) is 4.98 Å². The number of hydrogen-bond acceptors (Lipinski definition) is 3. The van der Waals surface area contributed by atoms with Crippen LogP contribution in [0.3, 0.4) is 0 Å². The molecule has 0 fully saturated rings. The number of nitrogens with two attached hydrogens (primary N) is 1. The van der Waals surface area contributed by atoms with Gasteiger partial charge in [-0.1, -0.05) is 11.8 Å². The van der Waals surface area contributed by atoms with E-state index in [1.54, 1.807) is 0 Å². The van der Waals surface area contributed by atoms with Gasteiger partial charge in [0.2, 0.25) is 0 Å². The van der Waals surface area contributed by atoms with Crippen LogP contribution >= 0.6 is 11.8 Å². The van der Waals surface area contributed by atoms with Crippen molar-refractivity contribution < 1.29 is 0 Å². The van der Waals surface area contributed by atoms with Gasteiger partial charge < -0.3 is 5.73 Å². The van der Waals surface area contributed by atoms with Crippen LogP contribution in [0.4, 0.5) is 0 Å². The van der Waals surface area contributed by atoms with Crippen molar-refractivity contribution in [3.8, 4) is 0 Å². The second-order valence-electron chi connectivity index (χ2n) is 3.34. The summed E-state index contributed by atoms with van der Waals surface area (Å²) < 4.78 is 0. The summed E-state index contributed by atoms with van der Waals surface area (Å²) in [5.74, 6) is 0.191. The van der Waals surface area contributed by atoms with E-state index >= 15 is 0 Å². The summed E-state index contributed by atoms with van der Waals surface area (Å²) in [7, 11) is 0. The fraction of sp³-hybridized carbons (Fsp3) is 0.400. The SMILES string of the molecule is Cc1cc(C)nc(SC(C)C(=N)N)c1. The van der Waals surface area contributed by atoms with E-state index in [2.05, 4.69) is 4.98 Å². The van der Waals surface area contributed by atoms with Crippen LogP contribution in [0.5, 0.6) is 0 Å². The minimum Gasteiger partial charge on any atom is -0.387 e. The molecule has 1 heterocycles. The first kappa shape index (κ1) is 11.0. The van der Waals surface area contributed by atoms with Gasteiger partial charge in [0.1, 0.15) is 5.84 Å². The van der Waals surface area contributed by atoms with E-state index in [4.69, 9.17) is 11.1 Å². The van der Waals surface area contributed by atoms with E-state index in [0.29, 0.717) is 0 Å². The molecule has 0 bridgehead atoms. The van der Waals surface area contributed by atoms with Crippen molar-refractivity contribution in [3.63, 3.8) is 0 Å². The van der Waals surface area contributed by atoms with Gasteiger partial charge >= 0.3 is 0 Å². The van der Waals surface area contributed by atoms with Crippen molar-refractivity contribution in [2.75, 3.05) is 0 Å². The van der Waals surface area contributed by atoms with Crippen LogP contribution in [0, 0.1) is 19.3 Å². The van der Waals surface area contributed by atoms with Crippen LogP contribution in [-0.4, -0.2) is 16.1 Å². The van der Waals surface area contributed by atoms with Crippen molar-refractivity contribution in [1.82, 2.24) is 4.98 Å². The summed E-state index contributed by atoms with van der Waals surface area (Å²) in [6, 6.07) is 4.04. The zero-order valence-electron chi connectivity index (χ0n) is 8.66. The fourth-order valence-electron chi connectivity index (χ4n) is 1.11. The number of rotatable bonds is 3. The molecule has 0 aromatic carbocycles. The molecule has 0 aliphatic carbocycles. The Bertz CT molecular complexity index is 329. The largest absolute Gasteiger partial charge is 0.387 e. The summed E-state index contributed by atoms with van der Waals surface area (Å²) >= 11 is 1.52. The molecule has 1 atom stereocenters. The molecule has 0 saturated heterocycles. The molecule has 14 heavy (non-hydrogen) atoms. The van der Waals surface area contributed by atoms with Crippen LogP contribution in [0.2, 0.25) is 0 Å². The number of nitrogens with one attached hydrogen (secondary N) is 1. The lowest BCUT2D eigenvalue weighted by molar-refractivity contribution is 1.04. The third kappa shape index (κ3) is 3.03. The molecular formula is C10H15N3S. The van der Waals surface area contributed by atoms with E-state index in [1.165, 1.54) is 17.3 Å². The van der Waals surface area contributed by atoms with Crippen LogP contribution in [0.15, 0.2) is 17.2 Å². The first-order chi connectivity index (χ1) is 6.49. The van der Waals surface area contributed by atoms with E-state index in [9.17, 15) is 0 Å². The van der Waals surface area contributed by atoms with Crippen LogP contribution in [0.25, 0.3) is 0 Å². The summed E-state index contributed by atoms with van der Waals surface area (Å²) in [5.41, 5.74) is 7.59. The van der Waals surface area contributed by atoms with Gasteiger partial charge in [-0.15, -0.1) is 0 Å². The lowest BCUT2D eigenvalue weighted by atomic mass is 10.3. The minimum absolute atomic E-state index is 0.0105. The van der Waals surface area contributed by atoms with Crippen LogP contribution in [0.1, 0.15) is 18.2 Å². The topological polar surface area (TPSA) is 62.8 Å². The molecule has 3 N–H and O–H groups in total. The molecule has 76 valence electrons. The smallest absolute Gasteiger partial charge is 0.104 e. The van der Waals surface area contributed by atoms with E-state index in [-0.39, 0.29) is 11.1 Å². The molecule has 0 aliphatic heterocycles. The summed E-state index contributed by atoms with van der Waals surface area (Å²) in [4.78, 5) is 4.37. The molecule has 1 rings (SSSR count). The van der Waals surface area contributed by atoms with Gasteiger partial charge in [0.15, 0.2) is 0 Å². The number of hydrogen-bond donors (Lipinski definition) is 2. The highest BCUT2D eigenvalue weighted by Crippen LogP contribution is 2.22. The molecule has 3 nitrogen and oxygen atoms in total. The molecular weight excluding hydrogens is 194 g/mol. The van der Waals surface area contributed by atoms with Gasteiger partial charge in [-0.2, -0.15) is 0 Å². The van der Waals surface area contributed by atoms with Crippen molar-refractivity contribution in [2.45, 2.75) is 31.0 Å². The number of aryl methyl sites for hydroxylation is 2. The molecule has 0 saturated carbocycles. The Morgan fingerprint density at radius 2 is 2.14 bits per heavy atom.